The highest BCUT2D eigenvalue weighted by atomic mass is 32.1. The quantitative estimate of drug-likeness (QED) is 0.825. The van der Waals surface area contributed by atoms with Crippen LogP contribution >= 0.6 is 11.3 Å². The summed E-state index contributed by atoms with van der Waals surface area (Å²) in [6.45, 7) is 5.38. The third kappa shape index (κ3) is 3.18. The molecule has 0 amide bonds. The molecule has 0 aromatic carbocycles. The number of ether oxygens (including phenoxy) is 1. The van der Waals surface area contributed by atoms with Gasteiger partial charge in [-0.05, 0) is 13.8 Å². The highest BCUT2D eigenvalue weighted by Gasteiger charge is 2.16. The molecule has 5 nitrogen and oxygen atoms in total. The van der Waals surface area contributed by atoms with Gasteiger partial charge in [0, 0.05) is 19.7 Å². The normalized spacial score (nSPS) is 10.8. The van der Waals surface area contributed by atoms with Gasteiger partial charge in [-0.25, -0.2) is 9.78 Å². The Balaban J connectivity index is 2.80. The summed E-state index contributed by atoms with van der Waals surface area (Å²) in [6, 6.07) is 0.267. The van der Waals surface area contributed by atoms with Crippen molar-refractivity contribution in [3.05, 3.63) is 11.1 Å². The number of methoxy groups -OCH3 is 1. The zero-order valence-corrected chi connectivity index (χ0v) is 10.5. The maximum Gasteiger partial charge on any atom is 0.347 e. The standard InChI is InChI=1S/C10H16N2O3S/c1-7(2)12(4-5-15-3)10-11-6-8(16-10)9(13)14/h6-7H,4-5H2,1-3H3,(H,13,14). The van der Waals surface area contributed by atoms with Gasteiger partial charge in [-0.2, -0.15) is 0 Å². The van der Waals surface area contributed by atoms with E-state index in [-0.39, 0.29) is 10.9 Å². The van der Waals surface area contributed by atoms with Crippen molar-refractivity contribution >= 4 is 22.4 Å². The number of carboxylic acid groups (broad SMARTS) is 1. The first kappa shape index (κ1) is 12.9. The van der Waals surface area contributed by atoms with Crippen LogP contribution in [0.15, 0.2) is 6.20 Å². The predicted molar refractivity (Wildman–Crippen MR) is 63.4 cm³/mol. The first-order valence-electron chi connectivity index (χ1n) is 5.01. The number of anilines is 1. The molecule has 0 spiro atoms. The summed E-state index contributed by atoms with van der Waals surface area (Å²) in [7, 11) is 1.64. The number of hydrogen-bond acceptors (Lipinski definition) is 5. The van der Waals surface area contributed by atoms with Crippen LogP contribution in [0.4, 0.5) is 5.13 Å². The Morgan fingerprint density at radius 3 is 2.81 bits per heavy atom. The van der Waals surface area contributed by atoms with E-state index in [9.17, 15) is 4.79 Å². The molecular formula is C10H16N2O3S. The van der Waals surface area contributed by atoms with Crippen LogP contribution in [0.3, 0.4) is 0 Å². The van der Waals surface area contributed by atoms with Crippen molar-refractivity contribution in [3.63, 3.8) is 0 Å². The summed E-state index contributed by atoms with van der Waals surface area (Å²) in [5.74, 6) is -0.931. The summed E-state index contributed by atoms with van der Waals surface area (Å²) in [4.78, 5) is 17.2. The minimum atomic E-state index is -0.931. The lowest BCUT2D eigenvalue weighted by atomic mass is 10.3. The fourth-order valence-electron chi connectivity index (χ4n) is 1.26. The van der Waals surface area contributed by atoms with Crippen molar-refractivity contribution in [1.29, 1.82) is 0 Å². The molecule has 0 aliphatic heterocycles. The average molecular weight is 244 g/mol. The average Bonchev–Trinajstić information content (AvgIpc) is 2.67. The second kappa shape index (κ2) is 5.81. The van der Waals surface area contributed by atoms with Gasteiger partial charge in [0.2, 0.25) is 0 Å². The van der Waals surface area contributed by atoms with E-state index in [1.54, 1.807) is 7.11 Å². The SMILES string of the molecule is COCCN(c1ncc(C(=O)O)s1)C(C)C. The van der Waals surface area contributed by atoms with Crippen LogP contribution in [-0.4, -0.2) is 42.4 Å². The molecule has 0 bridgehead atoms. The highest BCUT2D eigenvalue weighted by Crippen LogP contribution is 2.23. The minimum absolute atomic E-state index is 0.262. The number of hydrogen-bond donors (Lipinski definition) is 1. The van der Waals surface area contributed by atoms with Crippen molar-refractivity contribution in [3.8, 4) is 0 Å². The summed E-state index contributed by atoms with van der Waals surface area (Å²) in [6.07, 6.45) is 1.39. The van der Waals surface area contributed by atoms with Gasteiger partial charge >= 0.3 is 5.97 Å². The van der Waals surface area contributed by atoms with Gasteiger partial charge in [0.1, 0.15) is 4.88 Å². The molecule has 1 heterocycles. The molecule has 0 radical (unpaired) electrons. The van der Waals surface area contributed by atoms with Crippen LogP contribution < -0.4 is 4.90 Å². The number of aromatic nitrogens is 1. The first-order chi connectivity index (χ1) is 7.56. The van der Waals surface area contributed by atoms with Gasteiger partial charge < -0.3 is 14.7 Å². The minimum Gasteiger partial charge on any atom is -0.477 e. The number of thiazole rings is 1. The second-order valence-electron chi connectivity index (χ2n) is 3.59. The molecule has 1 aromatic rings. The van der Waals surface area contributed by atoms with E-state index in [2.05, 4.69) is 4.98 Å². The third-order valence-corrected chi connectivity index (χ3v) is 3.13. The number of nitrogens with zero attached hydrogens (tertiary/aromatic N) is 2. The molecule has 1 N–H and O–H groups in total. The molecular weight excluding hydrogens is 228 g/mol. The Hall–Kier alpha value is -1.14. The zero-order chi connectivity index (χ0) is 12.1. The molecule has 16 heavy (non-hydrogen) atoms. The largest absolute Gasteiger partial charge is 0.477 e. The van der Waals surface area contributed by atoms with Crippen LogP contribution in [0.1, 0.15) is 23.5 Å². The van der Waals surface area contributed by atoms with Crippen LogP contribution in [0.2, 0.25) is 0 Å². The molecule has 6 heteroatoms. The Morgan fingerprint density at radius 2 is 2.38 bits per heavy atom. The second-order valence-corrected chi connectivity index (χ2v) is 4.60. The van der Waals surface area contributed by atoms with E-state index in [1.807, 2.05) is 18.7 Å². The van der Waals surface area contributed by atoms with Crippen LogP contribution in [-0.2, 0) is 4.74 Å². The lowest BCUT2D eigenvalue weighted by Gasteiger charge is -2.25. The fraction of sp³-hybridized carbons (Fsp3) is 0.600. The summed E-state index contributed by atoms with van der Waals surface area (Å²) in [5.41, 5.74) is 0. The van der Waals surface area contributed by atoms with Crippen molar-refractivity contribution < 1.29 is 14.6 Å². The van der Waals surface area contributed by atoms with Gasteiger partial charge in [0.05, 0.1) is 12.8 Å². The molecule has 0 unspecified atom stereocenters. The van der Waals surface area contributed by atoms with E-state index >= 15 is 0 Å². The van der Waals surface area contributed by atoms with Crippen LogP contribution in [0, 0.1) is 0 Å². The van der Waals surface area contributed by atoms with E-state index in [0.717, 1.165) is 5.13 Å². The van der Waals surface area contributed by atoms with Gasteiger partial charge in [0.25, 0.3) is 0 Å². The summed E-state index contributed by atoms with van der Waals surface area (Å²) in [5, 5.41) is 9.55. The topological polar surface area (TPSA) is 62.7 Å². The van der Waals surface area contributed by atoms with E-state index < -0.39 is 5.97 Å². The zero-order valence-electron chi connectivity index (χ0n) is 9.64. The number of carboxylic acids is 1. The molecule has 90 valence electrons. The monoisotopic (exact) mass is 244 g/mol. The van der Waals surface area contributed by atoms with E-state index in [4.69, 9.17) is 9.84 Å². The van der Waals surface area contributed by atoms with Crippen molar-refractivity contribution in [1.82, 2.24) is 4.98 Å². The fourth-order valence-corrected chi connectivity index (χ4v) is 2.18. The van der Waals surface area contributed by atoms with Crippen LogP contribution in [0.25, 0.3) is 0 Å². The van der Waals surface area contributed by atoms with Gasteiger partial charge in [-0.1, -0.05) is 11.3 Å². The third-order valence-electron chi connectivity index (χ3n) is 2.11. The maximum atomic E-state index is 10.7. The Labute approximate surface area is 98.7 Å². The lowest BCUT2D eigenvalue weighted by molar-refractivity contribution is 0.0702. The summed E-state index contributed by atoms with van der Waals surface area (Å²) < 4.78 is 5.02. The first-order valence-corrected chi connectivity index (χ1v) is 5.82. The molecule has 0 aliphatic carbocycles. The lowest BCUT2D eigenvalue weighted by Crippen LogP contribution is -2.33. The smallest absolute Gasteiger partial charge is 0.347 e. The molecule has 0 atom stereocenters. The summed E-state index contributed by atoms with van der Waals surface area (Å²) >= 11 is 1.19. The molecule has 1 aromatic heterocycles. The van der Waals surface area contributed by atoms with E-state index in [0.29, 0.717) is 13.2 Å². The molecule has 1 rings (SSSR count). The number of aromatic carboxylic acids is 1. The Bertz CT molecular complexity index is 352. The predicted octanol–water partition coefficient (Wildman–Crippen LogP) is 1.70. The van der Waals surface area contributed by atoms with E-state index in [1.165, 1.54) is 17.5 Å². The van der Waals surface area contributed by atoms with Gasteiger partial charge in [-0.3, -0.25) is 0 Å². The molecule has 0 saturated heterocycles. The molecule has 0 saturated carbocycles. The molecule has 0 fully saturated rings. The maximum absolute atomic E-state index is 10.7. The number of rotatable bonds is 6. The van der Waals surface area contributed by atoms with Gasteiger partial charge in [-0.15, -0.1) is 0 Å². The van der Waals surface area contributed by atoms with Gasteiger partial charge in [0.15, 0.2) is 5.13 Å². The Morgan fingerprint density at radius 1 is 1.69 bits per heavy atom. The highest BCUT2D eigenvalue weighted by molar-refractivity contribution is 7.17. The van der Waals surface area contributed by atoms with Crippen LogP contribution in [0.5, 0.6) is 0 Å². The van der Waals surface area contributed by atoms with Crippen molar-refractivity contribution in [2.75, 3.05) is 25.2 Å². The Kier molecular flexibility index (Phi) is 4.70. The van der Waals surface area contributed by atoms with Crippen molar-refractivity contribution in [2.45, 2.75) is 19.9 Å². The molecule has 0 aliphatic rings. The van der Waals surface area contributed by atoms with Crippen molar-refractivity contribution in [2.24, 2.45) is 0 Å². The number of carbonyl (C=O) groups is 1.